The molecule has 0 bridgehead atoms. The number of carbonyl (C=O) groups is 1. The Hall–Kier alpha value is -2.68. The molecule has 7 heteroatoms. The van der Waals surface area contributed by atoms with E-state index < -0.39 is 5.91 Å². The molecule has 0 saturated carbocycles. The summed E-state index contributed by atoms with van der Waals surface area (Å²) in [6.45, 7) is 0. The summed E-state index contributed by atoms with van der Waals surface area (Å²) in [5, 5.41) is 21.6. The first-order valence-electron chi connectivity index (χ1n) is 6.70. The molecule has 0 saturated heterocycles. The van der Waals surface area contributed by atoms with Crippen molar-refractivity contribution in [3.8, 4) is 17.6 Å². The molecule has 0 aliphatic carbocycles. The molecule has 2 aromatic rings. The smallest absolute Gasteiger partial charge is 0.266 e. The van der Waals surface area contributed by atoms with Gasteiger partial charge in [-0.25, -0.2) is 0 Å². The molecule has 1 amide bonds. The Labute approximate surface area is 148 Å². The van der Waals surface area contributed by atoms with E-state index in [0.717, 1.165) is 0 Å². The zero-order chi connectivity index (χ0) is 17.7. The molecule has 0 heterocycles. The van der Waals surface area contributed by atoms with Gasteiger partial charge in [-0.3, -0.25) is 4.79 Å². The molecule has 0 fully saturated rings. The number of anilines is 1. The molecule has 2 rings (SSSR count). The first-order valence-corrected chi connectivity index (χ1v) is 7.45. The van der Waals surface area contributed by atoms with Gasteiger partial charge in [0, 0.05) is 5.69 Å². The molecule has 5 nitrogen and oxygen atoms in total. The third kappa shape index (κ3) is 4.19. The highest BCUT2D eigenvalue weighted by atomic mass is 35.5. The molecular formula is C17H12Cl2N2O3. The summed E-state index contributed by atoms with van der Waals surface area (Å²) in [4.78, 5) is 12.2. The van der Waals surface area contributed by atoms with Crippen LogP contribution in [0, 0.1) is 11.3 Å². The Balaban J connectivity index is 2.22. The van der Waals surface area contributed by atoms with Crippen LogP contribution in [0.15, 0.2) is 42.0 Å². The van der Waals surface area contributed by atoms with Crippen LogP contribution in [0.1, 0.15) is 5.56 Å². The summed E-state index contributed by atoms with van der Waals surface area (Å²) in [5.41, 5.74) is 0.816. The number of nitriles is 1. The quantitative estimate of drug-likeness (QED) is 0.628. The van der Waals surface area contributed by atoms with Gasteiger partial charge in [-0.05, 0) is 42.0 Å². The molecule has 0 aliphatic rings. The fraction of sp³-hybridized carbons (Fsp3) is 0.0588. The minimum absolute atomic E-state index is 0.0790. The molecule has 122 valence electrons. The van der Waals surface area contributed by atoms with Crippen molar-refractivity contribution in [2.24, 2.45) is 0 Å². The van der Waals surface area contributed by atoms with Crippen LogP contribution in [0.4, 0.5) is 5.69 Å². The van der Waals surface area contributed by atoms with Gasteiger partial charge in [0.2, 0.25) is 0 Å². The SMILES string of the molecule is COc1ccc(NC(=O)C(C#N)=Cc2ccc(O)c(Cl)c2)cc1Cl. The Bertz CT molecular complexity index is 857. The van der Waals surface area contributed by atoms with Crippen molar-refractivity contribution in [3.05, 3.63) is 57.6 Å². The number of nitrogens with zero attached hydrogens (tertiary/aromatic N) is 1. The number of benzene rings is 2. The summed E-state index contributed by atoms with van der Waals surface area (Å²) in [5.74, 6) is -0.197. The predicted molar refractivity (Wildman–Crippen MR) is 93.3 cm³/mol. The number of rotatable bonds is 4. The number of phenols is 1. The topological polar surface area (TPSA) is 82.3 Å². The Morgan fingerprint density at radius 1 is 1.25 bits per heavy atom. The summed E-state index contributed by atoms with van der Waals surface area (Å²) >= 11 is 11.8. The van der Waals surface area contributed by atoms with Crippen molar-refractivity contribution in [1.82, 2.24) is 0 Å². The van der Waals surface area contributed by atoms with Crippen LogP contribution in [0.25, 0.3) is 6.08 Å². The fourth-order valence-electron chi connectivity index (χ4n) is 1.87. The Kier molecular flexibility index (Phi) is 5.69. The second kappa shape index (κ2) is 7.73. The zero-order valence-electron chi connectivity index (χ0n) is 12.5. The molecule has 0 atom stereocenters. The largest absolute Gasteiger partial charge is 0.506 e. The normalized spacial score (nSPS) is 10.8. The monoisotopic (exact) mass is 362 g/mol. The molecule has 24 heavy (non-hydrogen) atoms. The average Bonchev–Trinajstić information content (AvgIpc) is 2.56. The van der Waals surface area contributed by atoms with E-state index >= 15 is 0 Å². The molecule has 2 aromatic carbocycles. The number of aromatic hydroxyl groups is 1. The number of halogens is 2. The van der Waals surface area contributed by atoms with Crippen molar-refractivity contribution in [2.75, 3.05) is 12.4 Å². The highest BCUT2D eigenvalue weighted by molar-refractivity contribution is 6.32. The minimum Gasteiger partial charge on any atom is -0.506 e. The Morgan fingerprint density at radius 3 is 2.58 bits per heavy atom. The van der Waals surface area contributed by atoms with Crippen LogP contribution in [-0.2, 0) is 4.79 Å². The van der Waals surface area contributed by atoms with Crippen LogP contribution in [-0.4, -0.2) is 18.1 Å². The lowest BCUT2D eigenvalue weighted by atomic mass is 10.1. The highest BCUT2D eigenvalue weighted by Gasteiger charge is 2.11. The van der Waals surface area contributed by atoms with Crippen molar-refractivity contribution in [3.63, 3.8) is 0 Å². The summed E-state index contributed by atoms with van der Waals surface area (Å²) < 4.78 is 5.03. The highest BCUT2D eigenvalue weighted by Crippen LogP contribution is 2.28. The lowest BCUT2D eigenvalue weighted by molar-refractivity contribution is -0.112. The summed E-state index contributed by atoms with van der Waals surface area (Å²) in [6, 6.07) is 10.9. The standard InChI is InChI=1S/C17H12Cl2N2O3/c1-24-16-5-3-12(8-14(16)19)21-17(23)11(9-20)6-10-2-4-15(22)13(18)7-10/h2-8,22H,1H3,(H,21,23). The van der Waals surface area contributed by atoms with Gasteiger partial charge in [-0.2, -0.15) is 5.26 Å². The van der Waals surface area contributed by atoms with E-state index in [4.69, 9.17) is 27.9 Å². The fourth-order valence-corrected chi connectivity index (χ4v) is 2.32. The van der Waals surface area contributed by atoms with Crippen LogP contribution in [0.2, 0.25) is 10.0 Å². The number of nitrogens with one attached hydrogen (secondary N) is 1. The lowest BCUT2D eigenvalue weighted by Crippen LogP contribution is -2.13. The van der Waals surface area contributed by atoms with E-state index in [9.17, 15) is 15.2 Å². The zero-order valence-corrected chi connectivity index (χ0v) is 14.0. The number of hydrogen-bond acceptors (Lipinski definition) is 4. The second-order valence-electron chi connectivity index (χ2n) is 4.68. The van der Waals surface area contributed by atoms with Crippen LogP contribution in [0.3, 0.4) is 0 Å². The maximum absolute atomic E-state index is 12.2. The number of ether oxygens (including phenoxy) is 1. The van der Waals surface area contributed by atoms with Gasteiger partial charge in [0.15, 0.2) is 0 Å². The third-order valence-corrected chi connectivity index (χ3v) is 3.66. The van der Waals surface area contributed by atoms with E-state index in [1.54, 1.807) is 12.1 Å². The lowest BCUT2D eigenvalue weighted by Gasteiger charge is -2.07. The third-order valence-electron chi connectivity index (χ3n) is 3.06. The number of methoxy groups -OCH3 is 1. The molecule has 0 aromatic heterocycles. The van der Waals surface area contributed by atoms with Crippen molar-refractivity contribution in [2.45, 2.75) is 0 Å². The molecule has 0 spiro atoms. The van der Waals surface area contributed by atoms with Gasteiger partial charge in [0.1, 0.15) is 23.1 Å². The first kappa shape index (κ1) is 17.7. The number of amides is 1. The van der Waals surface area contributed by atoms with Crippen LogP contribution in [0.5, 0.6) is 11.5 Å². The second-order valence-corrected chi connectivity index (χ2v) is 5.50. The summed E-state index contributed by atoms with van der Waals surface area (Å²) in [6.07, 6.45) is 1.37. The van der Waals surface area contributed by atoms with Gasteiger partial charge in [0.05, 0.1) is 17.2 Å². The van der Waals surface area contributed by atoms with E-state index in [-0.39, 0.29) is 16.3 Å². The van der Waals surface area contributed by atoms with Gasteiger partial charge in [0.25, 0.3) is 5.91 Å². The van der Waals surface area contributed by atoms with Gasteiger partial charge >= 0.3 is 0 Å². The van der Waals surface area contributed by atoms with E-state index in [1.807, 2.05) is 6.07 Å². The maximum Gasteiger partial charge on any atom is 0.266 e. The molecule has 2 N–H and O–H groups in total. The number of carbonyl (C=O) groups excluding carboxylic acids is 1. The molecule has 0 aliphatic heterocycles. The number of hydrogen-bond donors (Lipinski definition) is 2. The number of phenolic OH excluding ortho intramolecular Hbond substituents is 1. The first-order chi connectivity index (χ1) is 11.4. The predicted octanol–water partition coefficient (Wildman–Crippen LogP) is 4.25. The van der Waals surface area contributed by atoms with Crippen molar-refractivity contribution in [1.29, 1.82) is 5.26 Å². The van der Waals surface area contributed by atoms with E-state index in [1.165, 1.54) is 37.5 Å². The van der Waals surface area contributed by atoms with Gasteiger partial charge in [-0.15, -0.1) is 0 Å². The van der Waals surface area contributed by atoms with Crippen LogP contribution >= 0.6 is 23.2 Å². The molecule has 0 radical (unpaired) electrons. The van der Waals surface area contributed by atoms with Gasteiger partial charge < -0.3 is 15.2 Å². The molecular weight excluding hydrogens is 351 g/mol. The van der Waals surface area contributed by atoms with E-state index in [0.29, 0.717) is 22.0 Å². The minimum atomic E-state index is -0.595. The van der Waals surface area contributed by atoms with Gasteiger partial charge in [-0.1, -0.05) is 29.3 Å². The average molecular weight is 363 g/mol. The maximum atomic E-state index is 12.2. The van der Waals surface area contributed by atoms with Crippen molar-refractivity contribution >= 4 is 40.9 Å². The van der Waals surface area contributed by atoms with Crippen LogP contribution < -0.4 is 10.1 Å². The summed E-state index contributed by atoms with van der Waals surface area (Å²) in [7, 11) is 1.48. The van der Waals surface area contributed by atoms with E-state index in [2.05, 4.69) is 5.32 Å². The Morgan fingerprint density at radius 2 is 2.00 bits per heavy atom. The molecule has 0 unspecified atom stereocenters. The van der Waals surface area contributed by atoms with Crippen molar-refractivity contribution < 1.29 is 14.6 Å².